The molecule has 0 aliphatic heterocycles. The van der Waals surface area contributed by atoms with E-state index in [9.17, 15) is 0 Å². The summed E-state index contributed by atoms with van der Waals surface area (Å²) >= 11 is 0. The lowest BCUT2D eigenvalue weighted by atomic mass is 10.0. The molecule has 0 amide bonds. The van der Waals surface area contributed by atoms with Gasteiger partial charge in [0.15, 0.2) is 0 Å². The lowest BCUT2D eigenvalue weighted by molar-refractivity contribution is 0.00463. The van der Waals surface area contributed by atoms with Gasteiger partial charge in [0.05, 0.1) is 25.4 Å². The molecule has 2 atom stereocenters. The fraction of sp³-hybridized carbons (Fsp3) is 0.571. The van der Waals surface area contributed by atoms with Crippen molar-refractivity contribution in [2.75, 3.05) is 19.8 Å². The minimum atomic E-state index is -0.0859. The molecular formula is C14H23NO2. The Balaban J connectivity index is 2.40. The molecule has 0 spiro atoms. The third-order valence-electron chi connectivity index (χ3n) is 2.78. The maximum absolute atomic E-state index is 6.14. The van der Waals surface area contributed by atoms with E-state index in [0.717, 1.165) is 12.2 Å². The molecule has 2 unspecified atom stereocenters. The van der Waals surface area contributed by atoms with Crippen LogP contribution in [0, 0.1) is 6.92 Å². The van der Waals surface area contributed by atoms with E-state index in [1.807, 2.05) is 13.8 Å². The summed E-state index contributed by atoms with van der Waals surface area (Å²) < 4.78 is 10.9. The summed E-state index contributed by atoms with van der Waals surface area (Å²) in [6, 6.07) is 8.17. The third-order valence-corrected chi connectivity index (χ3v) is 2.78. The molecular weight excluding hydrogens is 214 g/mol. The monoisotopic (exact) mass is 237 g/mol. The number of hydrogen-bond acceptors (Lipinski definition) is 3. The van der Waals surface area contributed by atoms with Crippen molar-refractivity contribution in [2.45, 2.75) is 32.9 Å². The number of benzene rings is 1. The summed E-state index contributed by atoms with van der Waals surface area (Å²) in [6.07, 6.45) is -0.00170. The first-order valence-corrected chi connectivity index (χ1v) is 6.16. The molecule has 0 saturated carbocycles. The summed E-state index contributed by atoms with van der Waals surface area (Å²) in [6.45, 7) is 7.98. The zero-order valence-electron chi connectivity index (χ0n) is 11.0. The average Bonchev–Trinajstić information content (AvgIpc) is 2.34. The van der Waals surface area contributed by atoms with Crippen molar-refractivity contribution < 1.29 is 9.47 Å². The zero-order chi connectivity index (χ0) is 12.7. The second-order valence-corrected chi connectivity index (χ2v) is 4.21. The molecule has 1 aromatic carbocycles. The summed E-state index contributed by atoms with van der Waals surface area (Å²) in [5.41, 5.74) is 8.49. The molecule has 0 fully saturated rings. The predicted octanol–water partition coefficient (Wildman–Crippen LogP) is 2.44. The number of ether oxygens (including phenoxy) is 2. The van der Waals surface area contributed by atoms with Gasteiger partial charge in [-0.1, -0.05) is 29.8 Å². The molecule has 1 rings (SSSR count). The van der Waals surface area contributed by atoms with Gasteiger partial charge in [0, 0.05) is 6.61 Å². The lowest BCUT2D eigenvalue weighted by Crippen LogP contribution is -2.27. The Labute approximate surface area is 104 Å². The van der Waals surface area contributed by atoms with Crippen LogP contribution in [0.15, 0.2) is 24.3 Å². The molecule has 0 bridgehead atoms. The molecule has 2 N–H and O–H groups in total. The van der Waals surface area contributed by atoms with Crippen molar-refractivity contribution in [2.24, 2.45) is 5.73 Å². The molecule has 0 heterocycles. The smallest absolute Gasteiger partial charge is 0.0740 e. The van der Waals surface area contributed by atoms with E-state index >= 15 is 0 Å². The van der Waals surface area contributed by atoms with Crippen LogP contribution < -0.4 is 5.73 Å². The van der Waals surface area contributed by atoms with E-state index in [2.05, 4.69) is 31.2 Å². The molecule has 0 aliphatic carbocycles. The molecule has 17 heavy (non-hydrogen) atoms. The first-order chi connectivity index (χ1) is 8.15. The van der Waals surface area contributed by atoms with E-state index < -0.39 is 0 Å². The molecule has 0 radical (unpaired) electrons. The van der Waals surface area contributed by atoms with Crippen molar-refractivity contribution in [3.63, 3.8) is 0 Å². The van der Waals surface area contributed by atoms with E-state index in [1.165, 1.54) is 5.56 Å². The standard InChI is InChI=1S/C14H23NO2/c1-4-16-9-10-17-12(3)14(15)13-7-5-11(2)6-8-13/h5-8,12,14H,4,9-10,15H2,1-3H3. The number of nitrogens with two attached hydrogens (primary N) is 1. The normalized spacial score (nSPS) is 14.6. The fourth-order valence-corrected chi connectivity index (χ4v) is 1.60. The topological polar surface area (TPSA) is 44.5 Å². The van der Waals surface area contributed by atoms with Crippen LogP contribution >= 0.6 is 0 Å². The highest BCUT2D eigenvalue weighted by Gasteiger charge is 2.14. The van der Waals surface area contributed by atoms with Crippen LogP contribution in [0.3, 0.4) is 0 Å². The van der Waals surface area contributed by atoms with Crippen LogP contribution in [0.5, 0.6) is 0 Å². The number of rotatable bonds is 7. The zero-order valence-corrected chi connectivity index (χ0v) is 11.0. The second-order valence-electron chi connectivity index (χ2n) is 4.21. The minimum absolute atomic E-state index is 0.00170. The van der Waals surface area contributed by atoms with Crippen molar-refractivity contribution in [3.05, 3.63) is 35.4 Å². The van der Waals surface area contributed by atoms with Crippen LogP contribution in [0.25, 0.3) is 0 Å². The predicted molar refractivity (Wildman–Crippen MR) is 70.0 cm³/mol. The summed E-state index contributed by atoms with van der Waals surface area (Å²) in [7, 11) is 0. The van der Waals surface area contributed by atoms with Crippen LogP contribution in [0.1, 0.15) is 31.0 Å². The Hall–Kier alpha value is -0.900. The fourth-order valence-electron chi connectivity index (χ4n) is 1.60. The maximum Gasteiger partial charge on any atom is 0.0740 e. The number of hydrogen-bond donors (Lipinski definition) is 1. The van der Waals surface area contributed by atoms with E-state index in [4.69, 9.17) is 15.2 Å². The summed E-state index contributed by atoms with van der Waals surface area (Å²) in [4.78, 5) is 0. The van der Waals surface area contributed by atoms with Gasteiger partial charge in [-0.15, -0.1) is 0 Å². The highest BCUT2D eigenvalue weighted by Crippen LogP contribution is 2.16. The molecule has 0 aliphatic rings. The third kappa shape index (κ3) is 4.86. The van der Waals surface area contributed by atoms with Gasteiger partial charge in [0.25, 0.3) is 0 Å². The molecule has 3 nitrogen and oxygen atoms in total. The minimum Gasteiger partial charge on any atom is -0.379 e. The molecule has 0 saturated heterocycles. The Bertz CT molecular complexity index is 311. The van der Waals surface area contributed by atoms with Gasteiger partial charge in [0.2, 0.25) is 0 Å². The van der Waals surface area contributed by atoms with Gasteiger partial charge in [-0.25, -0.2) is 0 Å². The Morgan fingerprint density at radius 1 is 1.18 bits per heavy atom. The number of aryl methyl sites for hydroxylation is 1. The molecule has 1 aromatic rings. The van der Waals surface area contributed by atoms with Crippen LogP contribution in [-0.2, 0) is 9.47 Å². The van der Waals surface area contributed by atoms with Gasteiger partial charge in [-0.2, -0.15) is 0 Å². The summed E-state index contributed by atoms with van der Waals surface area (Å²) in [5, 5.41) is 0. The Morgan fingerprint density at radius 3 is 2.41 bits per heavy atom. The quantitative estimate of drug-likeness (QED) is 0.741. The maximum atomic E-state index is 6.14. The van der Waals surface area contributed by atoms with Gasteiger partial charge in [0.1, 0.15) is 0 Å². The first kappa shape index (κ1) is 14.2. The SMILES string of the molecule is CCOCCOC(C)C(N)c1ccc(C)cc1. The van der Waals surface area contributed by atoms with Crippen molar-refractivity contribution in [1.29, 1.82) is 0 Å². The lowest BCUT2D eigenvalue weighted by Gasteiger charge is -2.21. The van der Waals surface area contributed by atoms with Gasteiger partial charge >= 0.3 is 0 Å². The Morgan fingerprint density at radius 2 is 1.82 bits per heavy atom. The Kier molecular flexibility index (Phi) is 6.19. The van der Waals surface area contributed by atoms with Gasteiger partial charge < -0.3 is 15.2 Å². The van der Waals surface area contributed by atoms with Crippen molar-refractivity contribution in [3.8, 4) is 0 Å². The van der Waals surface area contributed by atoms with Crippen molar-refractivity contribution in [1.82, 2.24) is 0 Å². The van der Waals surface area contributed by atoms with Crippen LogP contribution in [0.4, 0.5) is 0 Å². The highest BCUT2D eigenvalue weighted by atomic mass is 16.5. The highest BCUT2D eigenvalue weighted by molar-refractivity contribution is 5.24. The molecule has 3 heteroatoms. The summed E-state index contributed by atoms with van der Waals surface area (Å²) in [5.74, 6) is 0. The van der Waals surface area contributed by atoms with E-state index in [-0.39, 0.29) is 12.1 Å². The largest absolute Gasteiger partial charge is 0.379 e. The van der Waals surface area contributed by atoms with Crippen LogP contribution in [-0.4, -0.2) is 25.9 Å². The van der Waals surface area contributed by atoms with E-state index in [0.29, 0.717) is 13.2 Å². The van der Waals surface area contributed by atoms with Crippen molar-refractivity contribution >= 4 is 0 Å². The van der Waals surface area contributed by atoms with Gasteiger partial charge in [-0.05, 0) is 26.3 Å². The van der Waals surface area contributed by atoms with Crippen LogP contribution in [0.2, 0.25) is 0 Å². The molecule has 0 aromatic heterocycles. The molecule has 96 valence electrons. The first-order valence-electron chi connectivity index (χ1n) is 6.16. The van der Waals surface area contributed by atoms with Gasteiger partial charge in [-0.3, -0.25) is 0 Å². The van der Waals surface area contributed by atoms with E-state index in [1.54, 1.807) is 0 Å². The second kappa shape index (κ2) is 7.43. The average molecular weight is 237 g/mol.